The van der Waals surface area contributed by atoms with Gasteiger partial charge in [0, 0.05) is 13.2 Å². The van der Waals surface area contributed by atoms with Crippen molar-refractivity contribution < 1.29 is 9.47 Å². The van der Waals surface area contributed by atoms with Gasteiger partial charge < -0.3 is 9.47 Å². The predicted molar refractivity (Wildman–Crippen MR) is 113 cm³/mol. The summed E-state index contributed by atoms with van der Waals surface area (Å²) >= 11 is 0. The fraction of sp³-hybridized carbons (Fsp3) is 0.538. The van der Waals surface area contributed by atoms with Crippen molar-refractivity contribution in [2.45, 2.75) is 74.4 Å². The van der Waals surface area contributed by atoms with Crippen LogP contribution in [0.2, 0.25) is 0 Å². The monoisotopic (exact) mass is 376 g/mol. The molecule has 2 heterocycles. The highest BCUT2D eigenvalue weighted by Gasteiger charge is 2.48. The van der Waals surface area contributed by atoms with Gasteiger partial charge >= 0.3 is 0 Å². The minimum Gasteiger partial charge on any atom is -0.375 e. The summed E-state index contributed by atoms with van der Waals surface area (Å²) in [5, 5.41) is 0. The Bertz CT molecular complexity index is 694. The summed E-state index contributed by atoms with van der Waals surface area (Å²) in [6, 6.07) is 22.1. The van der Waals surface area contributed by atoms with Crippen LogP contribution in [0.15, 0.2) is 60.7 Å². The van der Waals surface area contributed by atoms with Crippen LogP contribution in [0.3, 0.4) is 0 Å². The quantitative estimate of drug-likeness (QED) is 0.619. The Morgan fingerprint density at radius 3 is 1.36 bits per heavy atom. The van der Waals surface area contributed by atoms with Gasteiger partial charge in [0.05, 0.1) is 11.2 Å². The van der Waals surface area contributed by atoms with Crippen LogP contribution in [0.1, 0.15) is 74.3 Å². The zero-order chi connectivity index (χ0) is 18.9. The third kappa shape index (κ3) is 3.65. The summed E-state index contributed by atoms with van der Waals surface area (Å²) in [5.41, 5.74) is 3.13. The van der Waals surface area contributed by atoms with Crippen LogP contribution in [0, 0.1) is 0 Å². The van der Waals surface area contributed by atoms with Crippen LogP contribution in [0.5, 0.6) is 0 Å². The largest absolute Gasteiger partial charge is 0.375 e. The molecule has 2 aromatic rings. The van der Waals surface area contributed by atoms with Crippen molar-refractivity contribution in [3.63, 3.8) is 0 Å². The molecule has 2 aromatic carbocycles. The Morgan fingerprint density at radius 2 is 0.964 bits per heavy atom. The van der Waals surface area contributed by atoms with E-state index in [1.807, 2.05) is 0 Å². The summed E-state index contributed by atoms with van der Waals surface area (Å²) < 4.78 is 12.9. The first kappa shape index (κ1) is 18.4. The Balaban J connectivity index is 1.26. The molecule has 1 saturated carbocycles. The van der Waals surface area contributed by atoms with Gasteiger partial charge in [-0.15, -0.1) is 0 Å². The lowest BCUT2D eigenvalue weighted by atomic mass is 9.66. The Kier molecular flexibility index (Phi) is 5.02. The lowest BCUT2D eigenvalue weighted by Crippen LogP contribution is -2.50. The third-order valence-corrected chi connectivity index (χ3v) is 7.60. The van der Waals surface area contributed by atoms with E-state index in [-0.39, 0.29) is 11.2 Å². The normalized spacial score (nSPS) is 35.9. The fourth-order valence-electron chi connectivity index (χ4n) is 5.93. The summed E-state index contributed by atoms with van der Waals surface area (Å²) in [7, 11) is 0. The smallest absolute Gasteiger partial charge is 0.0690 e. The Labute approximate surface area is 169 Å². The van der Waals surface area contributed by atoms with Crippen LogP contribution in [0.4, 0.5) is 0 Å². The van der Waals surface area contributed by atoms with E-state index in [0.29, 0.717) is 11.8 Å². The van der Waals surface area contributed by atoms with Gasteiger partial charge in [0.1, 0.15) is 0 Å². The van der Waals surface area contributed by atoms with Crippen molar-refractivity contribution >= 4 is 0 Å². The summed E-state index contributed by atoms with van der Waals surface area (Å²) in [4.78, 5) is 0. The molecule has 28 heavy (non-hydrogen) atoms. The zero-order valence-corrected chi connectivity index (χ0v) is 16.8. The van der Waals surface area contributed by atoms with Gasteiger partial charge in [-0.1, -0.05) is 60.7 Å². The Morgan fingerprint density at radius 1 is 0.571 bits per heavy atom. The van der Waals surface area contributed by atoms with Gasteiger partial charge in [0.25, 0.3) is 0 Å². The molecule has 148 valence electrons. The number of hydrogen-bond acceptors (Lipinski definition) is 2. The molecule has 1 aliphatic carbocycles. The van der Waals surface area contributed by atoms with Crippen LogP contribution in [-0.4, -0.2) is 24.4 Å². The van der Waals surface area contributed by atoms with Crippen molar-refractivity contribution in [1.82, 2.24) is 0 Å². The van der Waals surface area contributed by atoms with E-state index in [4.69, 9.17) is 9.47 Å². The molecule has 2 aliphatic heterocycles. The molecular formula is C26H32O2. The molecule has 5 rings (SSSR count). The number of rotatable bonds is 2. The first-order valence-electron chi connectivity index (χ1n) is 11.1. The van der Waals surface area contributed by atoms with Crippen molar-refractivity contribution in [2.75, 3.05) is 13.2 Å². The minimum atomic E-state index is 0.0764. The molecule has 2 spiro atoms. The molecule has 0 N–H and O–H groups in total. The average Bonchev–Trinajstić information content (AvgIpc) is 2.78. The summed E-state index contributed by atoms with van der Waals surface area (Å²) in [5.74, 6) is 1.29. The lowest BCUT2D eigenvalue weighted by Gasteiger charge is -2.51. The highest BCUT2D eigenvalue weighted by molar-refractivity contribution is 5.23. The highest BCUT2D eigenvalue weighted by atomic mass is 16.5. The molecule has 2 heteroatoms. The maximum atomic E-state index is 6.45. The van der Waals surface area contributed by atoms with Gasteiger partial charge in [0.2, 0.25) is 0 Å². The molecule has 0 aromatic heterocycles. The van der Waals surface area contributed by atoms with Crippen molar-refractivity contribution in [2.24, 2.45) is 0 Å². The summed E-state index contributed by atoms with van der Waals surface area (Å²) in [6.07, 6.45) is 9.27. The molecule has 0 radical (unpaired) electrons. The van der Waals surface area contributed by atoms with Crippen LogP contribution < -0.4 is 0 Å². The first-order chi connectivity index (χ1) is 13.8. The molecule has 3 aliphatic rings. The van der Waals surface area contributed by atoms with Crippen LogP contribution >= 0.6 is 0 Å². The molecule has 0 unspecified atom stereocenters. The number of hydrogen-bond donors (Lipinski definition) is 0. The highest BCUT2D eigenvalue weighted by Crippen LogP contribution is 2.51. The molecule has 2 nitrogen and oxygen atoms in total. The van der Waals surface area contributed by atoms with E-state index < -0.39 is 0 Å². The van der Waals surface area contributed by atoms with E-state index in [1.54, 1.807) is 0 Å². The minimum absolute atomic E-state index is 0.0764. The van der Waals surface area contributed by atoms with Gasteiger partial charge in [-0.25, -0.2) is 0 Å². The van der Waals surface area contributed by atoms with E-state index in [1.165, 1.54) is 24.0 Å². The van der Waals surface area contributed by atoms with Gasteiger partial charge in [-0.3, -0.25) is 0 Å². The number of ether oxygens (including phenoxy) is 2. The van der Waals surface area contributed by atoms with E-state index in [0.717, 1.165) is 51.7 Å². The second-order valence-corrected chi connectivity index (χ2v) is 9.26. The first-order valence-corrected chi connectivity index (χ1v) is 11.1. The third-order valence-electron chi connectivity index (χ3n) is 7.60. The SMILES string of the molecule is c1ccc([C@@H]2CCOC3(CCC4(CC3)C[C@@H](c3ccccc3)CCO4)C2)cc1. The van der Waals surface area contributed by atoms with Crippen molar-refractivity contribution in [3.05, 3.63) is 71.8 Å². The van der Waals surface area contributed by atoms with Gasteiger partial charge in [0.15, 0.2) is 0 Å². The van der Waals surface area contributed by atoms with E-state index >= 15 is 0 Å². The lowest BCUT2D eigenvalue weighted by molar-refractivity contribution is -0.172. The van der Waals surface area contributed by atoms with Crippen LogP contribution in [-0.2, 0) is 9.47 Å². The van der Waals surface area contributed by atoms with Gasteiger partial charge in [-0.05, 0) is 74.3 Å². The van der Waals surface area contributed by atoms with E-state index in [2.05, 4.69) is 60.7 Å². The Hall–Kier alpha value is -1.64. The number of benzene rings is 2. The van der Waals surface area contributed by atoms with Crippen molar-refractivity contribution in [3.8, 4) is 0 Å². The molecular weight excluding hydrogens is 344 g/mol. The standard InChI is InChI=1S/C26H32O2/c1-3-7-21(8-4-1)23-11-17-27-25(19-23)13-15-26(16-14-25)20-24(12-18-28-26)22-9-5-2-6-10-22/h1-10,23-24H,11-20H2/t23-,24+,25?,26?. The summed E-state index contributed by atoms with van der Waals surface area (Å²) in [6.45, 7) is 1.81. The second kappa shape index (κ2) is 7.65. The second-order valence-electron chi connectivity index (χ2n) is 9.26. The predicted octanol–water partition coefficient (Wildman–Crippen LogP) is 6.23. The van der Waals surface area contributed by atoms with Crippen molar-refractivity contribution in [1.29, 1.82) is 0 Å². The zero-order valence-electron chi connectivity index (χ0n) is 16.8. The molecule has 2 saturated heterocycles. The topological polar surface area (TPSA) is 18.5 Å². The maximum Gasteiger partial charge on any atom is 0.0690 e. The van der Waals surface area contributed by atoms with E-state index in [9.17, 15) is 0 Å². The van der Waals surface area contributed by atoms with Gasteiger partial charge in [-0.2, -0.15) is 0 Å². The fourth-order valence-corrected chi connectivity index (χ4v) is 5.93. The molecule has 0 amide bonds. The molecule has 3 fully saturated rings. The molecule has 0 bridgehead atoms. The average molecular weight is 377 g/mol. The maximum absolute atomic E-state index is 6.45. The molecule has 2 atom stereocenters. The van der Waals surface area contributed by atoms with Crippen LogP contribution in [0.25, 0.3) is 0 Å².